The van der Waals surface area contributed by atoms with Crippen molar-refractivity contribution in [2.45, 2.75) is 45.4 Å². The Morgan fingerprint density at radius 2 is 1.95 bits per heavy atom. The molecule has 1 aliphatic heterocycles. The van der Waals surface area contributed by atoms with Gasteiger partial charge in [0.15, 0.2) is 5.01 Å². The Balaban J connectivity index is 1.27. The summed E-state index contributed by atoms with van der Waals surface area (Å²) in [6.07, 6.45) is 1.59. The van der Waals surface area contributed by atoms with Crippen LogP contribution in [0.4, 0.5) is 8.78 Å². The number of fused-ring (bicyclic) bond motifs is 1. The molecule has 3 aromatic heterocycles. The number of benzene rings is 2. The molecule has 12 heteroatoms. The molecule has 0 bridgehead atoms. The Hall–Kier alpha value is -4.29. The number of imidazole rings is 1. The maximum Gasteiger partial charge on any atom is 0.335 e. The van der Waals surface area contributed by atoms with Gasteiger partial charge < -0.3 is 19.1 Å². The van der Waals surface area contributed by atoms with E-state index in [4.69, 9.17) is 9.47 Å². The summed E-state index contributed by atoms with van der Waals surface area (Å²) in [5.41, 5.74) is 1.65. The third kappa shape index (κ3) is 5.66. The van der Waals surface area contributed by atoms with E-state index in [2.05, 4.69) is 20.2 Å². The highest BCUT2D eigenvalue weighted by Gasteiger charge is 2.23. The average Bonchev–Trinajstić information content (AvgIpc) is 3.55. The summed E-state index contributed by atoms with van der Waals surface area (Å²) in [4.78, 5) is 20.5. The zero-order chi connectivity index (χ0) is 28.5. The van der Waals surface area contributed by atoms with Crippen molar-refractivity contribution in [2.75, 3.05) is 6.61 Å². The Labute approximate surface area is 237 Å². The van der Waals surface area contributed by atoms with E-state index in [9.17, 15) is 9.90 Å². The first-order chi connectivity index (χ1) is 19.9. The van der Waals surface area contributed by atoms with Crippen LogP contribution in [0, 0.1) is 11.6 Å². The number of aryl methyl sites for hydroxylation is 1. The fourth-order valence-corrected chi connectivity index (χ4v) is 5.33. The molecule has 1 atom stereocenters. The van der Waals surface area contributed by atoms with Crippen LogP contribution in [-0.2, 0) is 30.7 Å². The normalized spacial score (nSPS) is 14.8. The standard InChI is InChI=1S/C29H25F2N5O4S/c1-2-27-34-35-28(41-27)15-40-26-5-3-4-22(33-26)19-13-20(30)17(10-21(19)31)12-25-32-23-7-6-16(29(37)38)11-24(23)36(25)14-18-8-9-39-18/h3-7,10-11,13,18H,2,8-9,12,14-15H2,1H3,(H,37,38)/t18-/m0/s1. The van der Waals surface area contributed by atoms with Crippen molar-refractivity contribution in [1.82, 2.24) is 24.7 Å². The predicted octanol–water partition coefficient (Wildman–Crippen LogP) is 5.45. The number of pyridine rings is 1. The molecule has 5 aromatic rings. The zero-order valence-corrected chi connectivity index (χ0v) is 22.8. The van der Waals surface area contributed by atoms with Gasteiger partial charge in [0.1, 0.15) is 29.1 Å². The first kappa shape index (κ1) is 26.9. The van der Waals surface area contributed by atoms with Gasteiger partial charge in [-0.1, -0.05) is 24.3 Å². The van der Waals surface area contributed by atoms with E-state index in [1.165, 1.54) is 17.4 Å². The van der Waals surface area contributed by atoms with E-state index < -0.39 is 17.6 Å². The van der Waals surface area contributed by atoms with Gasteiger partial charge in [0.05, 0.1) is 34.9 Å². The van der Waals surface area contributed by atoms with Crippen LogP contribution < -0.4 is 4.74 Å². The summed E-state index contributed by atoms with van der Waals surface area (Å²) >= 11 is 1.45. The molecule has 0 amide bonds. The lowest BCUT2D eigenvalue weighted by molar-refractivity contribution is -0.0589. The first-order valence-electron chi connectivity index (χ1n) is 13.1. The maximum atomic E-state index is 15.4. The Kier molecular flexibility index (Phi) is 7.41. The van der Waals surface area contributed by atoms with Crippen LogP contribution in [0.15, 0.2) is 48.5 Å². The van der Waals surface area contributed by atoms with Crippen LogP contribution in [-0.4, -0.2) is 48.5 Å². The first-order valence-corrected chi connectivity index (χ1v) is 13.9. The zero-order valence-electron chi connectivity index (χ0n) is 22.0. The number of hydrogen-bond acceptors (Lipinski definition) is 8. The van der Waals surface area contributed by atoms with Gasteiger partial charge >= 0.3 is 5.97 Å². The van der Waals surface area contributed by atoms with Gasteiger partial charge in [0.2, 0.25) is 5.88 Å². The number of aromatic nitrogens is 5. The van der Waals surface area contributed by atoms with Crippen molar-refractivity contribution in [3.63, 3.8) is 0 Å². The van der Waals surface area contributed by atoms with Crippen LogP contribution in [0.1, 0.15) is 45.1 Å². The van der Waals surface area contributed by atoms with Gasteiger partial charge in [-0.2, -0.15) is 0 Å². The summed E-state index contributed by atoms with van der Waals surface area (Å²) in [6, 6.07) is 11.8. The monoisotopic (exact) mass is 577 g/mol. The highest BCUT2D eigenvalue weighted by Crippen LogP contribution is 2.29. The molecule has 6 rings (SSSR count). The molecular weight excluding hydrogens is 552 g/mol. The van der Waals surface area contributed by atoms with Crippen molar-refractivity contribution in [2.24, 2.45) is 0 Å². The van der Waals surface area contributed by atoms with Crippen molar-refractivity contribution in [3.8, 4) is 17.1 Å². The Bertz CT molecular complexity index is 1750. The minimum Gasteiger partial charge on any atom is -0.478 e. The maximum absolute atomic E-state index is 15.4. The van der Waals surface area contributed by atoms with E-state index in [1.807, 2.05) is 11.5 Å². The quantitative estimate of drug-likeness (QED) is 0.233. The van der Waals surface area contributed by atoms with Crippen LogP contribution >= 0.6 is 11.3 Å². The molecular formula is C29H25F2N5O4S. The van der Waals surface area contributed by atoms with Crippen molar-refractivity contribution >= 4 is 28.3 Å². The average molecular weight is 578 g/mol. The highest BCUT2D eigenvalue weighted by molar-refractivity contribution is 7.11. The molecule has 4 heterocycles. The molecule has 210 valence electrons. The number of carbonyl (C=O) groups is 1. The van der Waals surface area contributed by atoms with Gasteiger partial charge in [-0.3, -0.25) is 0 Å². The molecule has 2 aromatic carbocycles. The lowest BCUT2D eigenvalue weighted by Crippen LogP contribution is -2.31. The third-order valence-electron chi connectivity index (χ3n) is 6.89. The number of hydrogen-bond donors (Lipinski definition) is 1. The third-order valence-corrected chi connectivity index (χ3v) is 7.93. The van der Waals surface area contributed by atoms with Crippen LogP contribution in [0.2, 0.25) is 0 Å². The molecule has 1 fully saturated rings. The molecule has 41 heavy (non-hydrogen) atoms. The largest absolute Gasteiger partial charge is 0.478 e. The summed E-state index contributed by atoms with van der Waals surface area (Å²) in [6.45, 7) is 3.25. The number of aromatic carboxylic acids is 1. The second-order valence-electron chi connectivity index (χ2n) is 9.62. The molecule has 0 spiro atoms. The van der Waals surface area contributed by atoms with Gasteiger partial charge in [-0.05, 0) is 54.8 Å². The summed E-state index contributed by atoms with van der Waals surface area (Å²) in [5.74, 6) is -1.56. The molecule has 1 N–H and O–H groups in total. The second-order valence-corrected chi connectivity index (χ2v) is 10.8. The molecule has 0 unspecified atom stereocenters. The molecule has 1 saturated heterocycles. The van der Waals surface area contributed by atoms with E-state index in [0.717, 1.165) is 30.0 Å². The second kappa shape index (κ2) is 11.3. The van der Waals surface area contributed by atoms with Gasteiger partial charge in [0, 0.05) is 24.7 Å². The number of carboxylic acid groups (broad SMARTS) is 1. The van der Waals surface area contributed by atoms with E-state index in [0.29, 0.717) is 35.0 Å². The number of ether oxygens (including phenoxy) is 2. The van der Waals surface area contributed by atoms with Gasteiger partial charge in [-0.15, -0.1) is 10.2 Å². The van der Waals surface area contributed by atoms with Crippen molar-refractivity contribution < 1.29 is 28.2 Å². The van der Waals surface area contributed by atoms with Crippen LogP contribution in [0.5, 0.6) is 5.88 Å². The number of halogens is 2. The van der Waals surface area contributed by atoms with Crippen LogP contribution in [0.3, 0.4) is 0 Å². The Morgan fingerprint density at radius 1 is 1.12 bits per heavy atom. The van der Waals surface area contributed by atoms with Gasteiger partial charge in [-0.25, -0.2) is 23.5 Å². The minimum atomic E-state index is -1.06. The Morgan fingerprint density at radius 3 is 2.68 bits per heavy atom. The molecule has 9 nitrogen and oxygen atoms in total. The van der Waals surface area contributed by atoms with E-state index in [1.54, 1.807) is 30.3 Å². The van der Waals surface area contributed by atoms with Crippen LogP contribution in [0.25, 0.3) is 22.3 Å². The van der Waals surface area contributed by atoms with Gasteiger partial charge in [0.25, 0.3) is 0 Å². The summed E-state index contributed by atoms with van der Waals surface area (Å²) < 4.78 is 43.9. The SMILES string of the molecule is CCc1nnc(COc2cccc(-c3cc(F)c(Cc4nc5ccc(C(=O)O)cc5n4C[C@@H]4CCO4)cc3F)n2)s1. The highest BCUT2D eigenvalue weighted by atomic mass is 32.1. The van der Waals surface area contributed by atoms with Crippen molar-refractivity contribution in [1.29, 1.82) is 0 Å². The molecule has 1 aliphatic rings. The summed E-state index contributed by atoms with van der Waals surface area (Å²) in [7, 11) is 0. The number of nitrogens with zero attached hydrogens (tertiary/aromatic N) is 5. The fourth-order valence-electron chi connectivity index (χ4n) is 4.64. The minimum absolute atomic E-state index is 0.00311. The number of rotatable bonds is 10. The smallest absolute Gasteiger partial charge is 0.335 e. The molecule has 0 aliphatic carbocycles. The predicted molar refractivity (Wildman–Crippen MR) is 147 cm³/mol. The fraction of sp³-hybridized carbons (Fsp3) is 0.276. The lowest BCUT2D eigenvalue weighted by atomic mass is 10.0. The van der Waals surface area contributed by atoms with E-state index >= 15 is 8.78 Å². The molecule has 0 radical (unpaired) electrons. The molecule has 0 saturated carbocycles. The topological polar surface area (TPSA) is 112 Å². The van der Waals surface area contributed by atoms with Crippen molar-refractivity contribution in [3.05, 3.63) is 87.1 Å². The van der Waals surface area contributed by atoms with E-state index in [-0.39, 0.29) is 47.4 Å². The lowest BCUT2D eigenvalue weighted by Gasteiger charge is -2.27. The number of carboxylic acids is 1. The summed E-state index contributed by atoms with van der Waals surface area (Å²) in [5, 5.41) is 19.2.